The van der Waals surface area contributed by atoms with Gasteiger partial charge < -0.3 is 0 Å². The van der Waals surface area contributed by atoms with Crippen LogP contribution in [0.15, 0.2) is 60.7 Å². The standard InChI is InChI=1S/C14H11N2O4/c17-15(18)14(16(19)20)13(11-7-3-1-4-8-11)12-9-5-2-6-10-12/h1-10,13H/q-1. The van der Waals surface area contributed by atoms with E-state index in [1.165, 1.54) is 0 Å². The molecule has 0 atom stereocenters. The molecule has 0 saturated heterocycles. The van der Waals surface area contributed by atoms with Crippen LogP contribution in [0.4, 0.5) is 0 Å². The van der Waals surface area contributed by atoms with Crippen LogP contribution in [0, 0.1) is 26.4 Å². The van der Waals surface area contributed by atoms with Crippen molar-refractivity contribution in [2.75, 3.05) is 0 Å². The van der Waals surface area contributed by atoms with Gasteiger partial charge >= 0.3 is 0 Å². The van der Waals surface area contributed by atoms with E-state index in [0.717, 1.165) is 0 Å². The van der Waals surface area contributed by atoms with Crippen molar-refractivity contribution in [2.45, 2.75) is 5.92 Å². The number of hydrogen-bond acceptors (Lipinski definition) is 4. The third kappa shape index (κ3) is 2.74. The molecule has 2 rings (SSSR count). The predicted octanol–water partition coefficient (Wildman–Crippen LogP) is 2.86. The van der Waals surface area contributed by atoms with Crippen LogP contribution in [0.5, 0.6) is 0 Å². The van der Waals surface area contributed by atoms with Crippen molar-refractivity contribution in [3.05, 3.63) is 98.2 Å². The van der Waals surface area contributed by atoms with E-state index in [0.29, 0.717) is 11.1 Å². The summed E-state index contributed by atoms with van der Waals surface area (Å²) in [5.74, 6) is -0.998. The highest BCUT2D eigenvalue weighted by atomic mass is 16.7. The molecule has 0 aliphatic carbocycles. The zero-order valence-electron chi connectivity index (χ0n) is 10.4. The summed E-state index contributed by atoms with van der Waals surface area (Å²) in [6.07, 6.45) is -0.942. The van der Waals surface area contributed by atoms with Crippen molar-refractivity contribution in [1.82, 2.24) is 0 Å². The maximum atomic E-state index is 11.1. The Kier molecular flexibility index (Phi) is 3.95. The summed E-state index contributed by atoms with van der Waals surface area (Å²) in [4.78, 5) is 20.3. The lowest BCUT2D eigenvalue weighted by atomic mass is 9.89. The number of rotatable bonds is 5. The van der Waals surface area contributed by atoms with Crippen LogP contribution < -0.4 is 0 Å². The van der Waals surface area contributed by atoms with Gasteiger partial charge in [0, 0.05) is 5.92 Å². The summed E-state index contributed by atoms with van der Waals surface area (Å²) < 4.78 is 0. The Labute approximate surface area is 115 Å². The lowest BCUT2D eigenvalue weighted by molar-refractivity contribution is -0.673. The zero-order chi connectivity index (χ0) is 14.5. The van der Waals surface area contributed by atoms with Crippen molar-refractivity contribution in [1.29, 1.82) is 0 Å². The molecule has 0 saturated carbocycles. The highest BCUT2D eigenvalue weighted by Gasteiger charge is 2.32. The Hall–Kier alpha value is -2.89. The van der Waals surface area contributed by atoms with Gasteiger partial charge in [0.1, 0.15) is 0 Å². The fourth-order valence-electron chi connectivity index (χ4n) is 2.06. The van der Waals surface area contributed by atoms with Gasteiger partial charge in [-0.25, -0.2) is 0 Å². The SMILES string of the molecule is O=[N+]([O-])[C-](C(c1ccccc1)c1ccccc1)[N+](=O)[O-]. The summed E-state index contributed by atoms with van der Waals surface area (Å²) in [7, 11) is 0. The lowest BCUT2D eigenvalue weighted by Crippen LogP contribution is -2.27. The lowest BCUT2D eigenvalue weighted by Gasteiger charge is -2.24. The van der Waals surface area contributed by atoms with Gasteiger partial charge in [-0.3, -0.25) is 20.2 Å². The molecule has 0 unspecified atom stereocenters. The van der Waals surface area contributed by atoms with Crippen LogP contribution in [0.25, 0.3) is 0 Å². The quantitative estimate of drug-likeness (QED) is 0.475. The molecule has 6 nitrogen and oxygen atoms in total. The first kappa shape index (κ1) is 13.5. The molecule has 0 spiro atoms. The van der Waals surface area contributed by atoms with Crippen molar-refractivity contribution < 1.29 is 9.85 Å². The van der Waals surface area contributed by atoms with Crippen LogP contribution in [-0.4, -0.2) is 9.85 Å². The highest BCUT2D eigenvalue weighted by molar-refractivity contribution is 5.35. The maximum absolute atomic E-state index is 11.1. The molecular weight excluding hydrogens is 260 g/mol. The molecule has 20 heavy (non-hydrogen) atoms. The summed E-state index contributed by atoms with van der Waals surface area (Å²) in [6, 6.07) is 16.9. The topological polar surface area (TPSA) is 86.3 Å². The third-order valence-electron chi connectivity index (χ3n) is 2.90. The van der Waals surface area contributed by atoms with Gasteiger partial charge in [-0.05, 0) is 9.85 Å². The Balaban J connectivity index is 2.55. The molecule has 0 amide bonds. The second-order valence-electron chi connectivity index (χ2n) is 4.13. The fraction of sp³-hybridized carbons (Fsp3) is 0.0714. The van der Waals surface area contributed by atoms with Crippen LogP contribution >= 0.6 is 0 Å². The minimum absolute atomic E-state index is 0.516. The molecule has 0 fully saturated rings. The minimum atomic E-state index is -0.998. The summed E-state index contributed by atoms with van der Waals surface area (Å²) in [6.45, 7) is 0. The van der Waals surface area contributed by atoms with Gasteiger partial charge in [0.05, 0.1) is 0 Å². The van der Waals surface area contributed by atoms with Gasteiger partial charge in [-0.15, -0.1) is 0 Å². The monoisotopic (exact) mass is 271 g/mol. The summed E-state index contributed by atoms with van der Waals surface area (Å²) >= 11 is 0. The molecule has 2 aromatic carbocycles. The number of nitrogens with zero attached hydrogens (tertiary/aromatic N) is 2. The van der Waals surface area contributed by atoms with E-state index in [4.69, 9.17) is 0 Å². The second kappa shape index (κ2) is 5.83. The highest BCUT2D eigenvalue weighted by Crippen LogP contribution is 2.34. The molecule has 0 aromatic heterocycles. The smallest absolute Gasteiger partial charge is 0.275 e. The van der Waals surface area contributed by atoms with Crippen LogP contribution in [0.1, 0.15) is 17.0 Å². The fourth-order valence-corrected chi connectivity index (χ4v) is 2.06. The van der Waals surface area contributed by atoms with E-state index in [2.05, 4.69) is 0 Å². The van der Waals surface area contributed by atoms with E-state index >= 15 is 0 Å². The molecule has 0 aliphatic heterocycles. The van der Waals surface area contributed by atoms with Crippen LogP contribution in [-0.2, 0) is 0 Å². The summed E-state index contributed by atoms with van der Waals surface area (Å²) in [5.41, 5.74) is 1.03. The Morgan fingerprint density at radius 2 is 1.10 bits per heavy atom. The molecule has 0 bridgehead atoms. The van der Waals surface area contributed by atoms with E-state index in [1.54, 1.807) is 60.7 Å². The molecule has 2 aromatic rings. The Morgan fingerprint density at radius 1 is 0.750 bits per heavy atom. The van der Waals surface area contributed by atoms with Gasteiger partial charge in [0.2, 0.25) is 0 Å². The second-order valence-corrected chi connectivity index (χ2v) is 4.13. The molecule has 0 radical (unpaired) electrons. The van der Waals surface area contributed by atoms with Crippen molar-refractivity contribution >= 4 is 0 Å². The first-order chi connectivity index (χ1) is 9.61. The van der Waals surface area contributed by atoms with E-state index in [1.807, 2.05) is 0 Å². The first-order valence-corrected chi connectivity index (χ1v) is 5.86. The third-order valence-corrected chi connectivity index (χ3v) is 2.90. The summed E-state index contributed by atoms with van der Waals surface area (Å²) in [5, 5.41) is 22.1. The van der Waals surface area contributed by atoms with Gasteiger partial charge in [-0.1, -0.05) is 71.8 Å². The van der Waals surface area contributed by atoms with Crippen LogP contribution in [0.2, 0.25) is 0 Å². The zero-order valence-corrected chi connectivity index (χ0v) is 10.4. The average molecular weight is 271 g/mol. The van der Waals surface area contributed by atoms with Crippen molar-refractivity contribution in [3.63, 3.8) is 0 Å². The first-order valence-electron chi connectivity index (χ1n) is 5.86. The van der Waals surface area contributed by atoms with Gasteiger partial charge in [-0.2, -0.15) is 0 Å². The van der Waals surface area contributed by atoms with E-state index in [9.17, 15) is 20.2 Å². The number of benzene rings is 2. The van der Waals surface area contributed by atoms with E-state index in [-0.39, 0.29) is 0 Å². The number of hydrogen-bond donors (Lipinski definition) is 0. The average Bonchev–Trinajstić information content (AvgIpc) is 2.45. The largest absolute Gasteiger partial charge is 0.289 e. The van der Waals surface area contributed by atoms with E-state index < -0.39 is 21.9 Å². The van der Waals surface area contributed by atoms with Gasteiger partial charge in [0.15, 0.2) is 0 Å². The minimum Gasteiger partial charge on any atom is -0.289 e. The van der Waals surface area contributed by atoms with Crippen molar-refractivity contribution in [3.8, 4) is 0 Å². The van der Waals surface area contributed by atoms with Gasteiger partial charge in [0.25, 0.3) is 6.17 Å². The Morgan fingerprint density at radius 3 is 1.40 bits per heavy atom. The maximum Gasteiger partial charge on any atom is 0.275 e. The molecule has 0 N–H and O–H groups in total. The van der Waals surface area contributed by atoms with Crippen molar-refractivity contribution in [2.24, 2.45) is 0 Å². The number of nitro groups is 2. The molecule has 102 valence electrons. The Bertz CT molecular complexity index is 548. The molecular formula is C14H11N2O4-. The predicted molar refractivity (Wildman–Crippen MR) is 72.0 cm³/mol. The normalized spacial score (nSPS) is 10.2. The van der Waals surface area contributed by atoms with Crippen LogP contribution in [0.3, 0.4) is 0 Å². The molecule has 0 aliphatic rings. The molecule has 0 heterocycles. The molecule has 6 heteroatoms.